The molecular formula is C12H14F3NO2S. The Bertz CT molecular complexity index is 418. The van der Waals surface area contributed by atoms with Crippen LogP contribution in [0, 0.1) is 0 Å². The summed E-state index contributed by atoms with van der Waals surface area (Å²) in [5.41, 5.74) is -4.04. The van der Waals surface area contributed by atoms with Crippen LogP contribution in [0.1, 0.15) is 23.7 Å². The van der Waals surface area contributed by atoms with Gasteiger partial charge in [0.2, 0.25) is 0 Å². The molecule has 0 saturated heterocycles. The fourth-order valence-corrected chi connectivity index (χ4v) is 1.84. The second-order valence-electron chi connectivity index (χ2n) is 3.97. The molecule has 0 bridgehead atoms. The van der Waals surface area contributed by atoms with Crippen molar-refractivity contribution in [3.8, 4) is 0 Å². The highest BCUT2D eigenvalue weighted by Crippen LogP contribution is 2.36. The number of thioether (sulfide) groups is 1. The maximum Gasteiger partial charge on any atom is 0.446 e. The highest BCUT2D eigenvalue weighted by molar-refractivity contribution is 8.00. The number of amides is 1. The lowest BCUT2D eigenvalue weighted by Crippen LogP contribution is -2.26. The van der Waals surface area contributed by atoms with Crippen molar-refractivity contribution in [2.75, 3.05) is 6.54 Å². The number of benzene rings is 1. The van der Waals surface area contributed by atoms with E-state index in [9.17, 15) is 18.0 Å². The van der Waals surface area contributed by atoms with Crippen molar-refractivity contribution in [1.82, 2.24) is 5.32 Å². The van der Waals surface area contributed by atoms with E-state index in [1.807, 2.05) is 0 Å². The Morgan fingerprint density at radius 1 is 1.37 bits per heavy atom. The molecule has 0 saturated carbocycles. The van der Waals surface area contributed by atoms with Crippen molar-refractivity contribution in [2.24, 2.45) is 0 Å². The van der Waals surface area contributed by atoms with Gasteiger partial charge < -0.3 is 10.4 Å². The first kappa shape index (κ1) is 15.8. The molecule has 1 atom stereocenters. The number of carbonyl (C=O) groups excluding carboxylic acids is 1. The number of hydrogen-bond donors (Lipinski definition) is 2. The maximum absolute atomic E-state index is 12.1. The van der Waals surface area contributed by atoms with E-state index >= 15 is 0 Å². The second-order valence-corrected chi connectivity index (χ2v) is 5.10. The summed E-state index contributed by atoms with van der Waals surface area (Å²) in [6, 6.07) is 5.18. The number of hydrogen-bond acceptors (Lipinski definition) is 3. The average Bonchev–Trinajstić information content (AvgIpc) is 2.27. The van der Waals surface area contributed by atoms with Gasteiger partial charge in [-0.2, -0.15) is 13.2 Å². The molecule has 2 N–H and O–H groups in total. The van der Waals surface area contributed by atoms with Gasteiger partial charge in [0, 0.05) is 17.0 Å². The zero-order valence-corrected chi connectivity index (χ0v) is 11.0. The van der Waals surface area contributed by atoms with Gasteiger partial charge in [0.25, 0.3) is 5.91 Å². The monoisotopic (exact) mass is 293 g/mol. The lowest BCUT2D eigenvalue weighted by Gasteiger charge is -2.08. The molecule has 0 heterocycles. The summed E-state index contributed by atoms with van der Waals surface area (Å²) in [6.45, 7) is 1.92. The lowest BCUT2D eigenvalue weighted by molar-refractivity contribution is -0.0328. The van der Waals surface area contributed by atoms with Crippen LogP contribution in [-0.4, -0.2) is 29.2 Å². The molecule has 106 valence electrons. The number of nitrogens with one attached hydrogen (secondary N) is 1. The molecular weight excluding hydrogens is 279 g/mol. The molecule has 0 aliphatic carbocycles. The van der Waals surface area contributed by atoms with Crippen LogP contribution < -0.4 is 5.32 Å². The van der Waals surface area contributed by atoms with Crippen molar-refractivity contribution in [2.45, 2.75) is 29.9 Å². The number of carbonyl (C=O) groups is 1. The summed E-state index contributed by atoms with van der Waals surface area (Å²) in [6.07, 6.45) is -0.0841. The van der Waals surface area contributed by atoms with Gasteiger partial charge in [-0.25, -0.2) is 0 Å². The fraction of sp³-hybridized carbons (Fsp3) is 0.417. The molecule has 0 aromatic heterocycles. The first-order valence-corrected chi connectivity index (χ1v) is 6.41. The van der Waals surface area contributed by atoms with Crippen LogP contribution >= 0.6 is 11.8 Å². The quantitative estimate of drug-likeness (QED) is 0.821. The van der Waals surface area contributed by atoms with Crippen LogP contribution in [0.3, 0.4) is 0 Å². The Morgan fingerprint density at radius 3 is 2.42 bits per heavy atom. The first-order valence-electron chi connectivity index (χ1n) is 5.60. The number of alkyl halides is 3. The van der Waals surface area contributed by atoms with Crippen molar-refractivity contribution in [1.29, 1.82) is 0 Å². The summed E-state index contributed by atoms with van der Waals surface area (Å²) >= 11 is -0.222. The van der Waals surface area contributed by atoms with E-state index in [4.69, 9.17) is 5.11 Å². The van der Waals surface area contributed by atoms with Gasteiger partial charge in [-0.1, -0.05) is 0 Å². The minimum Gasteiger partial charge on any atom is -0.393 e. The second kappa shape index (κ2) is 6.81. The predicted molar refractivity (Wildman–Crippen MR) is 67.0 cm³/mol. The largest absolute Gasteiger partial charge is 0.446 e. The van der Waals surface area contributed by atoms with Crippen LogP contribution in [0.15, 0.2) is 29.2 Å². The van der Waals surface area contributed by atoms with E-state index in [0.29, 0.717) is 13.0 Å². The van der Waals surface area contributed by atoms with E-state index in [0.717, 1.165) is 0 Å². The van der Waals surface area contributed by atoms with Gasteiger partial charge in [-0.3, -0.25) is 4.79 Å². The molecule has 0 fully saturated rings. The summed E-state index contributed by atoms with van der Waals surface area (Å²) in [5, 5.41) is 11.6. The third-order valence-electron chi connectivity index (χ3n) is 2.20. The Kier molecular flexibility index (Phi) is 5.68. The Morgan fingerprint density at radius 2 is 1.95 bits per heavy atom. The molecule has 0 aliphatic rings. The van der Waals surface area contributed by atoms with Crippen molar-refractivity contribution in [3.63, 3.8) is 0 Å². The molecule has 1 unspecified atom stereocenters. The topological polar surface area (TPSA) is 49.3 Å². The minimum atomic E-state index is -4.33. The standard InChI is InChI=1S/C12H14F3NO2S/c1-8(17)6-7-16-11(18)9-2-4-10(5-3-9)19-12(13,14)15/h2-5,8,17H,6-7H2,1H3,(H,16,18). The SMILES string of the molecule is CC(O)CCNC(=O)c1ccc(SC(F)(F)F)cc1. The van der Waals surface area contributed by atoms with E-state index in [1.54, 1.807) is 6.92 Å². The number of halogens is 3. The van der Waals surface area contributed by atoms with Gasteiger partial charge in [0.15, 0.2) is 0 Å². The van der Waals surface area contributed by atoms with Crippen molar-refractivity contribution < 1.29 is 23.1 Å². The van der Waals surface area contributed by atoms with Crippen LogP contribution in [0.2, 0.25) is 0 Å². The molecule has 1 rings (SSSR count). The average molecular weight is 293 g/mol. The third kappa shape index (κ3) is 6.49. The van der Waals surface area contributed by atoms with Crippen LogP contribution in [-0.2, 0) is 0 Å². The lowest BCUT2D eigenvalue weighted by atomic mass is 10.2. The Hall–Kier alpha value is -1.21. The molecule has 1 aromatic carbocycles. The van der Waals surface area contributed by atoms with E-state index in [1.165, 1.54) is 24.3 Å². The smallest absolute Gasteiger partial charge is 0.393 e. The van der Waals surface area contributed by atoms with Gasteiger partial charge in [-0.15, -0.1) is 0 Å². The third-order valence-corrected chi connectivity index (χ3v) is 2.94. The van der Waals surface area contributed by atoms with Gasteiger partial charge in [0.1, 0.15) is 0 Å². The molecule has 1 aromatic rings. The molecule has 19 heavy (non-hydrogen) atoms. The molecule has 0 aliphatic heterocycles. The highest BCUT2D eigenvalue weighted by atomic mass is 32.2. The van der Waals surface area contributed by atoms with Gasteiger partial charge in [0.05, 0.1) is 6.10 Å². The van der Waals surface area contributed by atoms with E-state index in [2.05, 4.69) is 5.32 Å². The summed E-state index contributed by atoms with van der Waals surface area (Å²) in [7, 11) is 0. The zero-order chi connectivity index (χ0) is 14.5. The summed E-state index contributed by atoms with van der Waals surface area (Å²) in [5.74, 6) is -0.371. The molecule has 1 amide bonds. The minimum absolute atomic E-state index is 0.0352. The zero-order valence-electron chi connectivity index (χ0n) is 10.2. The van der Waals surface area contributed by atoms with E-state index < -0.39 is 11.6 Å². The fourth-order valence-electron chi connectivity index (χ4n) is 1.30. The van der Waals surface area contributed by atoms with Crippen molar-refractivity contribution in [3.05, 3.63) is 29.8 Å². The summed E-state index contributed by atoms with van der Waals surface area (Å²) < 4.78 is 36.3. The number of aliphatic hydroxyl groups is 1. The first-order chi connectivity index (χ1) is 8.78. The molecule has 0 spiro atoms. The van der Waals surface area contributed by atoms with Gasteiger partial charge in [-0.05, 0) is 49.4 Å². The molecule has 0 radical (unpaired) electrons. The van der Waals surface area contributed by atoms with Crippen LogP contribution in [0.25, 0.3) is 0 Å². The highest BCUT2D eigenvalue weighted by Gasteiger charge is 2.29. The number of rotatable bonds is 5. The van der Waals surface area contributed by atoms with Crippen LogP contribution in [0.5, 0.6) is 0 Å². The van der Waals surface area contributed by atoms with E-state index in [-0.39, 0.29) is 28.1 Å². The Labute approximate surface area is 113 Å². The number of aliphatic hydroxyl groups excluding tert-OH is 1. The van der Waals surface area contributed by atoms with Gasteiger partial charge >= 0.3 is 5.51 Å². The Balaban J connectivity index is 2.53. The normalized spacial score (nSPS) is 13.1. The molecule has 7 heteroatoms. The van der Waals surface area contributed by atoms with Crippen LogP contribution in [0.4, 0.5) is 13.2 Å². The summed E-state index contributed by atoms with van der Waals surface area (Å²) in [4.78, 5) is 11.6. The van der Waals surface area contributed by atoms with Crippen molar-refractivity contribution >= 4 is 17.7 Å². The predicted octanol–water partition coefficient (Wildman–Crippen LogP) is 2.80. The molecule has 3 nitrogen and oxygen atoms in total. The maximum atomic E-state index is 12.1.